The molecule has 0 spiro atoms. The Balaban J connectivity index is 2.19. The van der Waals surface area contributed by atoms with Gasteiger partial charge in [-0.25, -0.2) is 21.9 Å². The van der Waals surface area contributed by atoms with Gasteiger partial charge in [-0.2, -0.15) is 0 Å². The number of unbranched alkanes of at least 4 members (excludes halogenated alkanes) is 1. The van der Waals surface area contributed by atoms with Gasteiger partial charge in [-0.15, -0.1) is 0 Å². The number of nitrogens with one attached hydrogen (secondary N) is 1. The largest absolute Gasteiger partial charge is 0.396 e. The molecule has 0 saturated carbocycles. The number of hydrogen-bond donors (Lipinski definition) is 2. The lowest BCUT2D eigenvalue weighted by atomic mass is 10.0. The van der Waals surface area contributed by atoms with E-state index in [0.29, 0.717) is 29.5 Å². The zero-order chi connectivity index (χ0) is 17.6. The van der Waals surface area contributed by atoms with Crippen molar-refractivity contribution in [3.63, 3.8) is 0 Å². The quantitative estimate of drug-likeness (QED) is 0.716. The van der Waals surface area contributed by atoms with Crippen LogP contribution in [0.1, 0.15) is 18.4 Å². The highest BCUT2D eigenvalue weighted by Gasteiger charge is 2.19. The Kier molecular flexibility index (Phi) is 6.42. The van der Waals surface area contributed by atoms with Gasteiger partial charge in [0.05, 0.1) is 0 Å². The predicted octanol–water partition coefficient (Wildman–Crippen LogP) is 3.01. The molecule has 0 bridgehead atoms. The second kappa shape index (κ2) is 8.32. The highest BCUT2D eigenvalue weighted by Crippen LogP contribution is 2.24. The van der Waals surface area contributed by atoms with Crippen LogP contribution in [0, 0.1) is 5.82 Å². The van der Waals surface area contributed by atoms with Crippen LogP contribution in [0.25, 0.3) is 11.1 Å². The smallest absolute Gasteiger partial charge is 0.243 e. The van der Waals surface area contributed by atoms with Crippen LogP contribution in [0.5, 0.6) is 0 Å². The average Bonchev–Trinajstić information content (AvgIpc) is 2.58. The van der Waals surface area contributed by atoms with E-state index in [1.807, 2.05) is 0 Å². The first-order valence-corrected chi connectivity index (χ1v) is 9.01. The lowest BCUT2D eigenvalue weighted by molar-refractivity contribution is 0.285. The first-order chi connectivity index (χ1) is 11.5. The molecule has 0 fully saturated rings. The summed E-state index contributed by atoms with van der Waals surface area (Å²) in [6.45, 7) is -0.464. The Labute approximate surface area is 140 Å². The molecule has 2 rings (SSSR count). The lowest BCUT2D eigenvalue weighted by Crippen LogP contribution is -2.25. The van der Waals surface area contributed by atoms with Crippen molar-refractivity contribution in [1.29, 1.82) is 0 Å². The maximum Gasteiger partial charge on any atom is 0.243 e. The predicted molar refractivity (Wildman–Crippen MR) is 88.2 cm³/mol. The monoisotopic (exact) mass is 355 g/mol. The SMILES string of the molecule is O=S(=O)(NCCCCO)c1ccc(-c2ccc(CF)cc2)cc1F. The number of aliphatic hydroxyl groups is 1. The number of benzene rings is 2. The number of hydrogen-bond acceptors (Lipinski definition) is 3. The van der Waals surface area contributed by atoms with Gasteiger partial charge >= 0.3 is 0 Å². The molecule has 2 N–H and O–H groups in total. The normalized spacial score (nSPS) is 11.6. The van der Waals surface area contributed by atoms with E-state index in [0.717, 1.165) is 6.07 Å². The molecule has 24 heavy (non-hydrogen) atoms. The van der Waals surface area contributed by atoms with Crippen molar-refractivity contribution in [3.05, 3.63) is 53.8 Å². The molecule has 0 aromatic heterocycles. The fourth-order valence-corrected chi connectivity index (χ4v) is 3.34. The minimum absolute atomic E-state index is 0.0218. The number of halogens is 2. The van der Waals surface area contributed by atoms with E-state index in [1.54, 1.807) is 24.3 Å². The molecule has 2 aromatic rings. The van der Waals surface area contributed by atoms with E-state index >= 15 is 0 Å². The van der Waals surface area contributed by atoms with Crippen LogP contribution < -0.4 is 4.72 Å². The van der Waals surface area contributed by atoms with Crippen molar-refractivity contribution < 1.29 is 22.3 Å². The molecular weight excluding hydrogens is 336 g/mol. The Bertz CT molecular complexity index is 777. The van der Waals surface area contributed by atoms with E-state index in [9.17, 15) is 17.2 Å². The molecule has 7 heteroatoms. The summed E-state index contributed by atoms with van der Waals surface area (Å²) in [5.74, 6) is -0.850. The molecule has 0 amide bonds. The van der Waals surface area contributed by atoms with Crippen LogP contribution in [0.4, 0.5) is 8.78 Å². The molecule has 0 heterocycles. The molecule has 0 unspecified atom stereocenters. The third-order valence-corrected chi connectivity index (χ3v) is 5.03. The molecule has 0 atom stereocenters. The highest BCUT2D eigenvalue weighted by atomic mass is 32.2. The van der Waals surface area contributed by atoms with Gasteiger partial charge in [-0.1, -0.05) is 30.3 Å². The fraction of sp³-hybridized carbons (Fsp3) is 0.294. The molecule has 0 aliphatic rings. The summed E-state index contributed by atoms with van der Waals surface area (Å²) in [6, 6.07) is 10.4. The van der Waals surface area contributed by atoms with Gasteiger partial charge in [0.2, 0.25) is 10.0 Å². The molecule has 0 radical (unpaired) electrons. The summed E-state index contributed by atoms with van der Waals surface area (Å²) >= 11 is 0. The van der Waals surface area contributed by atoms with Crippen LogP contribution in [-0.2, 0) is 16.7 Å². The van der Waals surface area contributed by atoms with E-state index < -0.39 is 27.4 Å². The minimum Gasteiger partial charge on any atom is -0.396 e. The van der Waals surface area contributed by atoms with Crippen LogP contribution in [0.15, 0.2) is 47.4 Å². The summed E-state index contributed by atoms with van der Waals surface area (Å²) in [6.07, 6.45) is 0.940. The van der Waals surface area contributed by atoms with Crippen molar-refractivity contribution in [1.82, 2.24) is 4.72 Å². The summed E-state index contributed by atoms with van der Waals surface area (Å²) in [5.41, 5.74) is 1.70. The van der Waals surface area contributed by atoms with Crippen LogP contribution >= 0.6 is 0 Å². The van der Waals surface area contributed by atoms with Gasteiger partial charge in [-0.3, -0.25) is 0 Å². The van der Waals surface area contributed by atoms with Gasteiger partial charge in [0, 0.05) is 13.2 Å². The molecule has 4 nitrogen and oxygen atoms in total. The van der Waals surface area contributed by atoms with Crippen molar-refractivity contribution >= 4 is 10.0 Å². The standard InChI is InChI=1S/C17H19F2NO3S/c18-12-13-3-5-14(6-4-13)15-7-8-17(16(19)11-15)24(22,23)20-9-1-2-10-21/h3-8,11,20-21H,1-2,9-10,12H2. The number of aliphatic hydroxyl groups excluding tert-OH is 1. The first kappa shape index (κ1) is 18.5. The van der Waals surface area contributed by atoms with Crippen molar-refractivity contribution in [2.75, 3.05) is 13.2 Å². The molecule has 2 aromatic carbocycles. The van der Waals surface area contributed by atoms with Gasteiger partial charge in [0.25, 0.3) is 0 Å². The van der Waals surface area contributed by atoms with E-state index in [1.165, 1.54) is 12.1 Å². The number of alkyl halides is 1. The Morgan fingerprint density at radius 2 is 1.67 bits per heavy atom. The second-order valence-electron chi connectivity index (χ2n) is 5.30. The molecule has 0 aliphatic carbocycles. The van der Waals surface area contributed by atoms with Crippen molar-refractivity contribution in [2.24, 2.45) is 0 Å². The summed E-state index contributed by atoms with van der Waals surface area (Å²) in [4.78, 5) is -0.421. The Hall–Kier alpha value is -1.83. The van der Waals surface area contributed by atoms with E-state index in [-0.39, 0.29) is 13.2 Å². The van der Waals surface area contributed by atoms with Crippen molar-refractivity contribution in [2.45, 2.75) is 24.4 Å². The topological polar surface area (TPSA) is 66.4 Å². The Morgan fingerprint density at radius 3 is 2.25 bits per heavy atom. The van der Waals surface area contributed by atoms with Crippen LogP contribution in [-0.4, -0.2) is 26.7 Å². The minimum atomic E-state index is -3.94. The molecule has 0 saturated heterocycles. The second-order valence-corrected chi connectivity index (χ2v) is 7.04. The molecular formula is C17H19F2NO3S. The van der Waals surface area contributed by atoms with Crippen LogP contribution in [0.3, 0.4) is 0 Å². The zero-order valence-corrected chi connectivity index (χ0v) is 13.8. The van der Waals surface area contributed by atoms with E-state index in [4.69, 9.17) is 5.11 Å². The van der Waals surface area contributed by atoms with Gasteiger partial charge in [-0.05, 0) is 41.7 Å². The van der Waals surface area contributed by atoms with Crippen LogP contribution in [0.2, 0.25) is 0 Å². The Morgan fingerprint density at radius 1 is 1.00 bits per heavy atom. The molecule has 0 aliphatic heterocycles. The number of rotatable bonds is 8. The van der Waals surface area contributed by atoms with Gasteiger partial charge < -0.3 is 5.11 Å². The summed E-state index contributed by atoms with van der Waals surface area (Å²) in [5, 5.41) is 8.67. The third kappa shape index (κ3) is 4.59. The first-order valence-electron chi connectivity index (χ1n) is 7.53. The van der Waals surface area contributed by atoms with Gasteiger partial charge in [0.1, 0.15) is 17.4 Å². The lowest BCUT2D eigenvalue weighted by Gasteiger charge is -2.09. The third-order valence-electron chi connectivity index (χ3n) is 3.54. The maximum atomic E-state index is 14.2. The van der Waals surface area contributed by atoms with E-state index in [2.05, 4.69) is 4.72 Å². The average molecular weight is 355 g/mol. The van der Waals surface area contributed by atoms with Crippen molar-refractivity contribution in [3.8, 4) is 11.1 Å². The zero-order valence-electron chi connectivity index (χ0n) is 13.0. The summed E-state index contributed by atoms with van der Waals surface area (Å²) < 4.78 is 53.2. The molecule has 130 valence electrons. The maximum absolute atomic E-state index is 14.2. The highest BCUT2D eigenvalue weighted by molar-refractivity contribution is 7.89. The van der Waals surface area contributed by atoms with Gasteiger partial charge in [0.15, 0.2) is 0 Å². The number of sulfonamides is 1. The fourth-order valence-electron chi connectivity index (χ4n) is 2.21. The summed E-state index contributed by atoms with van der Waals surface area (Å²) in [7, 11) is -3.94.